The van der Waals surface area contributed by atoms with Gasteiger partial charge in [0.25, 0.3) is 0 Å². The Balaban J connectivity index is 2.82. The number of nitrogens with one attached hydrogen (secondary N) is 1. The van der Waals surface area contributed by atoms with Gasteiger partial charge in [0.05, 0.1) is 5.02 Å². The molecule has 0 aliphatic carbocycles. The van der Waals surface area contributed by atoms with E-state index in [1.165, 1.54) is 6.07 Å². The Morgan fingerprint density at radius 1 is 1.44 bits per heavy atom. The van der Waals surface area contributed by atoms with Crippen LogP contribution in [0.15, 0.2) is 18.2 Å². The molecule has 4 heteroatoms. The number of halogens is 2. The van der Waals surface area contributed by atoms with Crippen LogP contribution in [0.1, 0.15) is 12.5 Å². The minimum absolute atomic E-state index is 0.314. The molecule has 0 unspecified atom stereocenters. The van der Waals surface area contributed by atoms with Crippen molar-refractivity contribution >= 4 is 28.3 Å². The molecular weight excluding hydrogens is 227 g/mol. The first kappa shape index (κ1) is 11.1. The number of anilines is 1. The second kappa shape index (κ2) is 4.26. The van der Waals surface area contributed by atoms with Crippen LogP contribution in [0, 0.1) is 5.82 Å². The molecule has 0 fully saturated rings. The minimum Gasteiger partial charge on any atom is -0.373 e. The smallest absolute Gasteiger partial charge is 0.149 e. The molecule has 1 heterocycles. The van der Waals surface area contributed by atoms with E-state index in [4.69, 9.17) is 11.6 Å². The van der Waals surface area contributed by atoms with Crippen LogP contribution in [0.4, 0.5) is 10.2 Å². The summed E-state index contributed by atoms with van der Waals surface area (Å²) in [5.74, 6) is 0.356. The fourth-order valence-corrected chi connectivity index (χ4v) is 1.93. The van der Waals surface area contributed by atoms with E-state index < -0.39 is 0 Å². The second-order valence-electron chi connectivity index (χ2n) is 3.53. The molecule has 0 saturated carbocycles. The van der Waals surface area contributed by atoms with Crippen molar-refractivity contribution < 1.29 is 4.39 Å². The lowest BCUT2D eigenvalue weighted by Crippen LogP contribution is -1.99. The SMILES string of the molecule is CCc1cc2c(Cl)ccc(F)c2nc1NC. The topological polar surface area (TPSA) is 24.9 Å². The molecule has 0 bridgehead atoms. The fraction of sp³-hybridized carbons (Fsp3) is 0.250. The third-order valence-corrected chi connectivity index (χ3v) is 2.91. The number of aromatic nitrogens is 1. The van der Waals surface area contributed by atoms with Gasteiger partial charge >= 0.3 is 0 Å². The molecule has 1 aromatic carbocycles. The molecule has 0 aliphatic heterocycles. The number of rotatable bonds is 2. The molecule has 2 aromatic rings. The highest BCUT2D eigenvalue weighted by molar-refractivity contribution is 6.35. The summed E-state index contributed by atoms with van der Waals surface area (Å²) in [5, 5.41) is 4.16. The summed E-state index contributed by atoms with van der Waals surface area (Å²) in [5.41, 5.74) is 1.34. The van der Waals surface area contributed by atoms with Crippen LogP contribution in [0.25, 0.3) is 10.9 Å². The van der Waals surface area contributed by atoms with Gasteiger partial charge < -0.3 is 5.32 Å². The van der Waals surface area contributed by atoms with Crippen molar-refractivity contribution in [1.82, 2.24) is 4.98 Å². The van der Waals surface area contributed by atoms with Gasteiger partial charge in [0.1, 0.15) is 17.2 Å². The van der Waals surface area contributed by atoms with Crippen LogP contribution in [0.3, 0.4) is 0 Å². The van der Waals surface area contributed by atoms with E-state index in [1.807, 2.05) is 13.0 Å². The van der Waals surface area contributed by atoms with Crippen LogP contribution >= 0.6 is 11.6 Å². The van der Waals surface area contributed by atoms with Gasteiger partial charge in [-0.25, -0.2) is 9.37 Å². The number of nitrogens with zero attached hydrogens (tertiary/aromatic N) is 1. The van der Waals surface area contributed by atoms with Crippen LogP contribution in [-0.4, -0.2) is 12.0 Å². The van der Waals surface area contributed by atoms with E-state index in [9.17, 15) is 4.39 Å². The lowest BCUT2D eigenvalue weighted by atomic mass is 10.1. The molecule has 0 spiro atoms. The number of hydrogen-bond donors (Lipinski definition) is 1. The molecule has 1 aromatic heterocycles. The Labute approximate surface area is 98.4 Å². The van der Waals surface area contributed by atoms with Crippen LogP contribution in [-0.2, 0) is 6.42 Å². The maximum absolute atomic E-state index is 13.6. The van der Waals surface area contributed by atoms with Crippen molar-refractivity contribution in [3.05, 3.63) is 34.6 Å². The molecule has 84 valence electrons. The van der Waals surface area contributed by atoms with E-state index in [-0.39, 0.29) is 5.82 Å². The molecule has 2 rings (SSSR count). The number of fused-ring (bicyclic) bond motifs is 1. The first-order valence-corrected chi connectivity index (χ1v) is 5.50. The summed E-state index contributed by atoms with van der Waals surface area (Å²) in [7, 11) is 1.77. The molecule has 0 aliphatic rings. The maximum Gasteiger partial charge on any atom is 0.149 e. The zero-order valence-electron chi connectivity index (χ0n) is 9.14. The third kappa shape index (κ3) is 1.71. The van der Waals surface area contributed by atoms with Crippen LogP contribution in [0.2, 0.25) is 5.02 Å². The number of hydrogen-bond acceptors (Lipinski definition) is 2. The lowest BCUT2D eigenvalue weighted by Gasteiger charge is -2.09. The van der Waals surface area contributed by atoms with E-state index in [2.05, 4.69) is 10.3 Å². The summed E-state index contributed by atoms with van der Waals surface area (Å²) < 4.78 is 13.6. The van der Waals surface area contributed by atoms with E-state index in [0.29, 0.717) is 21.7 Å². The molecular formula is C12H12ClFN2. The monoisotopic (exact) mass is 238 g/mol. The molecule has 0 saturated heterocycles. The Hall–Kier alpha value is -1.35. The average molecular weight is 239 g/mol. The van der Waals surface area contributed by atoms with Gasteiger partial charge in [0, 0.05) is 12.4 Å². The molecule has 0 radical (unpaired) electrons. The van der Waals surface area contributed by atoms with E-state index >= 15 is 0 Å². The number of benzene rings is 1. The largest absolute Gasteiger partial charge is 0.373 e. The summed E-state index contributed by atoms with van der Waals surface area (Å²) in [4.78, 5) is 4.25. The van der Waals surface area contributed by atoms with Crippen molar-refractivity contribution in [3.63, 3.8) is 0 Å². The Bertz CT molecular complexity index is 492. The highest BCUT2D eigenvalue weighted by atomic mass is 35.5. The van der Waals surface area contributed by atoms with Gasteiger partial charge in [-0.3, -0.25) is 0 Å². The highest BCUT2D eigenvalue weighted by Crippen LogP contribution is 2.28. The summed E-state index contributed by atoms with van der Waals surface area (Å²) in [6.07, 6.45) is 0.825. The quantitative estimate of drug-likeness (QED) is 0.864. The molecule has 2 nitrogen and oxygen atoms in total. The zero-order valence-corrected chi connectivity index (χ0v) is 9.90. The molecule has 1 N–H and O–H groups in total. The van der Waals surface area contributed by atoms with Crippen molar-refractivity contribution in [3.8, 4) is 0 Å². The van der Waals surface area contributed by atoms with Crippen molar-refractivity contribution in [2.75, 3.05) is 12.4 Å². The van der Waals surface area contributed by atoms with Gasteiger partial charge in [-0.2, -0.15) is 0 Å². The van der Waals surface area contributed by atoms with Crippen molar-refractivity contribution in [1.29, 1.82) is 0 Å². The Morgan fingerprint density at radius 2 is 2.19 bits per heavy atom. The summed E-state index contributed by atoms with van der Waals surface area (Å²) in [6, 6.07) is 4.78. The van der Waals surface area contributed by atoms with Gasteiger partial charge in [0.2, 0.25) is 0 Å². The normalized spacial score (nSPS) is 10.8. The average Bonchev–Trinajstić information content (AvgIpc) is 2.32. The Kier molecular flexibility index (Phi) is 2.97. The molecule has 16 heavy (non-hydrogen) atoms. The van der Waals surface area contributed by atoms with Gasteiger partial charge in [-0.15, -0.1) is 0 Å². The number of pyridine rings is 1. The second-order valence-corrected chi connectivity index (χ2v) is 3.93. The van der Waals surface area contributed by atoms with Crippen molar-refractivity contribution in [2.45, 2.75) is 13.3 Å². The number of aryl methyl sites for hydroxylation is 1. The Morgan fingerprint density at radius 3 is 2.81 bits per heavy atom. The van der Waals surface area contributed by atoms with E-state index in [0.717, 1.165) is 12.0 Å². The van der Waals surface area contributed by atoms with Gasteiger partial charge in [-0.05, 0) is 30.2 Å². The van der Waals surface area contributed by atoms with Gasteiger partial charge in [-0.1, -0.05) is 18.5 Å². The highest BCUT2D eigenvalue weighted by Gasteiger charge is 2.10. The van der Waals surface area contributed by atoms with E-state index in [1.54, 1.807) is 13.1 Å². The van der Waals surface area contributed by atoms with Crippen molar-refractivity contribution in [2.24, 2.45) is 0 Å². The predicted octanol–water partition coefficient (Wildman–Crippen LogP) is 3.63. The zero-order chi connectivity index (χ0) is 11.7. The van der Waals surface area contributed by atoms with Gasteiger partial charge in [0.15, 0.2) is 0 Å². The first-order valence-electron chi connectivity index (χ1n) is 5.12. The fourth-order valence-electron chi connectivity index (χ4n) is 1.72. The third-order valence-electron chi connectivity index (χ3n) is 2.58. The van der Waals surface area contributed by atoms with Crippen LogP contribution < -0.4 is 5.32 Å². The first-order chi connectivity index (χ1) is 7.67. The molecule has 0 amide bonds. The lowest BCUT2D eigenvalue weighted by molar-refractivity contribution is 0.637. The standard InChI is InChI=1S/C12H12ClFN2/c1-3-7-6-8-9(13)4-5-10(14)11(8)16-12(7)15-2/h4-6H,3H2,1-2H3,(H,15,16). The summed E-state index contributed by atoms with van der Waals surface area (Å²) >= 11 is 6.03. The summed E-state index contributed by atoms with van der Waals surface area (Å²) in [6.45, 7) is 2.02. The maximum atomic E-state index is 13.6. The van der Waals surface area contributed by atoms with Crippen LogP contribution in [0.5, 0.6) is 0 Å². The molecule has 0 atom stereocenters. The predicted molar refractivity (Wildman–Crippen MR) is 65.6 cm³/mol. The minimum atomic E-state index is -0.349.